The highest BCUT2D eigenvalue weighted by Gasteiger charge is 2.18. The number of likely N-dealkylation sites (N-methyl/N-ethyl adjacent to an activating group) is 2. The van der Waals surface area contributed by atoms with Crippen LogP contribution in [0.4, 0.5) is 0 Å². The molecule has 84 valence electrons. The van der Waals surface area contributed by atoms with Crippen LogP contribution in [0.5, 0.6) is 0 Å². The van der Waals surface area contributed by atoms with Gasteiger partial charge in [-0.1, -0.05) is 20.8 Å². The smallest absolute Gasteiger partial charge is 0.322 e. The van der Waals surface area contributed by atoms with Crippen molar-refractivity contribution in [2.45, 2.75) is 33.2 Å². The van der Waals surface area contributed by atoms with Gasteiger partial charge in [0.15, 0.2) is 0 Å². The molecule has 0 aromatic rings. The van der Waals surface area contributed by atoms with Gasteiger partial charge in [-0.25, -0.2) is 0 Å². The lowest BCUT2D eigenvalue weighted by Gasteiger charge is -2.23. The number of rotatable bonds is 8. The fourth-order valence-electron chi connectivity index (χ4n) is 1.43. The monoisotopic (exact) mass is 202 g/mol. The maximum Gasteiger partial charge on any atom is 0.322 e. The van der Waals surface area contributed by atoms with E-state index in [0.29, 0.717) is 13.1 Å². The summed E-state index contributed by atoms with van der Waals surface area (Å²) < 4.78 is 0. The van der Waals surface area contributed by atoms with Crippen molar-refractivity contribution in [2.24, 2.45) is 0 Å². The summed E-state index contributed by atoms with van der Waals surface area (Å²) in [4.78, 5) is 13.0. The zero-order valence-corrected chi connectivity index (χ0v) is 9.42. The normalized spacial score (nSPS) is 13.1. The number of carboxylic acid groups (broad SMARTS) is 1. The van der Waals surface area contributed by atoms with Crippen LogP contribution in [0.15, 0.2) is 0 Å². The van der Waals surface area contributed by atoms with Gasteiger partial charge in [-0.05, 0) is 26.1 Å². The predicted octanol–water partition coefficient (Wildman–Crippen LogP) is 0.781. The minimum Gasteiger partial charge on any atom is -0.480 e. The molecule has 4 heteroatoms. The first kappa shape index (κ1) is 13.4. The molecule has 1 atom stereocenters. The van der Waals surface area contributed by atoms with Crippen molar-refractivity contribution < 1.29 is 9.90 Å². The average Bonchev–Trinajstić information content (AvgIpc) is 2.15. The molecule has 0 aliphatic heterocycles. The molecule has 2 N–H and O–H groups in total. The van der Waals surface area contributed by atoms with Crippen molar-refractivity contribution in [3.8, 4) is 0 Å². The first-order chi connectivity index (χ1) is 6.65. The van der Waals surface area contributed by atoms with Gasteiger partial charge in [-0.3, -0.25) is 4.79 Å². The number of carboxylic acids is 1. The van der Waals surface area contributed by atoms with E-state index in [-0.39, 0.29) is 0 Å². The maximum absolute atomic E-state index is 10.9. The number of nitrogens with zero attached hydrogens (tertiary/aromatic N) is 1. The van der Waals surface area contributed by atoms with E-state index in [9.17, 15) is 4.79 Å². The fraction of sp³-hybridized carbons (Fsp3) is 0.900. The van der Waals surface area contributed by atoms with Crippen LogP contribution in [0.3, 0.4) is 0 Å². The molecule has 0 spiro atoms. The molecule has 0 aliphatic rings. The van der Waals surface area contributed by atoms with E-state index >= 15 is 0 Å². The van der Waals surface area contributed by atoms with Crippen LogP contribution >= 0.6 is 0 Å². The quantitative estimate of drug-likeness (QED) is 0.611. The van der Waals surface area contributed by atoms with Gasteiger partial charge < -0.3 is 15.3 Å². The largest absolute Gasteiger partial charge is 0.480 e. The standard InChI is InChI=1S/C10H22N2O2/c1-4-7-12(6-3)8-9(10(13)14)11-5-2/h9,11H,4-8H2,1-3H3,(H,13,14). The molecule has 0 fully saturated rings. The molecule has 0 aromatic heterocycles. The Balaban J connectivity index is 4.03. The summed E-state index contributed by atoms with van der Waals surface area (Å²) in [5.41, 5.74) is 0. The SMILES string of the molecule is CCCN(CC)CC(NCC)C(=O)O. The summed E-state index contributed by atoms with van der Waals surface area (Å²) in [5, 5.41) is 11.9. The third kappa shape index (κ3) is 5.19. The van der Waals surface area contributed by atoms with E-state index in [1.54, 1.807) is 0 Å². The van der Waals surface area contributed by atoms with Crippen LogP contribution in [0.1, 0.15) is 27.2 Å². The van der Waals surface area contributed by atoms with E-state index in [2.05, 4.69) is 24.1 Å². The summed E-state index contributed by atoms with van der Waals surface area (Å²) in [6.07, 6.45) is 1.06. The topological polar surface area (TPSA) is 52.6 Å². The highest BCUT2D eigenvalue weighted by Crippen LogP contribution is 1.95. The van der Waals surface area contributed by atoms with Gasteiger partial charge in [0.2, 0.25) is 0 Å². The Morgan fingerprint density at radius 1 is 1.43 bits per heavy atom. The summed E-state index contributed by atoms with van der Waals surface area (Å²) in [5.74, 6) is -0.763. The van der Waals surface area contributed by atoms with Gasteiger partial charge in [0.05, 0.1) is 0 Å². The second-order valence-electron chi connectivity index (χ2n) is 3.34. The summed E-state index contributed by atoms with van der Waals surface area (Å²) in [7, 11) is 0. The molecular formula is C10H22N2O2. The summed E-state index contributed by atoms with van der Waals surface area (Å²) in [6.45, 7) is 9.24. The minimum absolute atomic E-state index is 0.438. The van der Waals surface area contributed by atoms with Crippen LogP contribution in [-0.4, -0.2) is 48.2 Å². The fourth-order valence-corrected chi connectivity index (χ4v) is 1.43. The number of nitrogens with one attached hydrogen (secondary N) is 1. The van der Waals surface area contributed by atoms with E-state index in [1.807, 2.05) is 6.92 Å². The second kappa shape index (κ2) is 7.76. The maximum atomic E-state index is 10.9. The van der Waals surface area contributed by atoms with Gasteiger partial charge >= 0.3 is 5.97 Å². The van der Waals surface area contributed by atoms with Crippen LogP contribution in [0.25, 0.3) is 0 Å². The number of carbonyl (C=O) groups is 1. The van der Waals surface area contributed by atoms with Crippen molar-refractivity contribution in [3.05, 3.63) is 0 Å². The van der Waals surface area contributed by atoms with Gasteiger partial charge in [0, 0.05) is 6.54 Å². The van der Waals surface area contributed by atoms with Crippen LogP contribution in [0, 0.1) is 0 Å². The van der Waals surface area contributed by atoms with Crippen molar-refractivity contribution in [3.63, 3.8) is 0 Å². The molecule has 0 saturated heterocycles. The molecule has 0 aromatic carbocycles. The Labute approximate surface area is 86.3 Å². The number of aliphatic carboxylic acids is 1. The van der Waals surface area contributed by atoms with Gasteiger partial charge in [0.1, 0.15) is 6.04 Å². The van der Waals surface area contributed by atoms with Crippen LogP contribution < -0.4 is 5.32 Å². The lowest BCUT2D eigenvalue weighted by atomic mass is 10.2. The molecule has 4 nitrogen and oxygen atoms in total. The Morgan fingerprint density at radius 2 is 2.07 bits per heavy atom. The molecule has 0 saturated carbocycles. The Hall–Kier alpha value is -0.610. The lowest BCUT2D eigenvalue weighted by Crippen LogP contribution is -2.46. The highest BCUT2D eigenvalue weighted by molar-refractivity contribution is 5.73. The molecule has 1 unspecified atom stereocenters. The Bertz CT molecular complexity index is 162. The third-order valence-corrected chi connectivity index (χ3v) is 2.18. The van der Waals surface area contributed by atoms with Crippen LogP contribution in [-0.2, 0) is 4.79 Å². The van der Waals surface area contributed by atoms with Gasteiger partial charge in [-0.2, -0.15) is 0 Å². The molecule has 0 heterocycles. The second-order valence-corrected chi connectivity index (χ2v) is 3.34. The lowest BCUT2D eigenvalue weighted by molar-refractivity contribution is -0.140. The Kier molecular flexibility index (Phi) is 7.42. The average molecular weight is 202 g/mol. The van der Waals surface area contributed by atoms with Gasteiger partial charge in [0.25, 0.3) is 0 Å². The van der Waals surface area contributed by atoms with Gasteiger partial charge in [-0.15, -0.1) is 0 Å². The van der Waals surface area contributed by atoms with E-state index < -0.39 is 12.0 Å². The molecular weight excluding hydrogens is 180 g/mol. The molecule has 0 amide bonds. The number of hydrogen-bond acceptors (Lipinski definition) is 3. The van der Waals surface area contributed by atoms with E-state index in [1.165, 1.54) is 0 Å². The molecule has 0 aliphatic carbocycles. The number of hydrogen-bond donors (Lipinski definition) is 2. The van der Waals surface area contributed by atoms with Crippen molar-refractivity contribution in [1.29, 1.82) is 0 Å². The predicted molar refractivity (Wildman–Crippen MR) is 57.5 cm³/mol. The Morgan fingerprint density at radius 3 is 2.43 bits per heavy atom. The van der Waals surface area contributed by atoms with E-state index in [4.69, 9.17) is 5.11 Å². The van der Waals surface area contributed by atoms with Crippen molar-refractivity contribution in [1.82, 2.24) is 10.2 Å². The van der Waals surface area contributed by atoms with Crippen molar-refractivity contribution >= 4 is 5.97 Å². The molecule has 0 radical (unpaired) electrons. The first-order valence-electron chi connectivity index (χ1n) is 5.34. The summed E-state index contributed by atoms with van der Waals surface area (Å²) >= 11 is 0. The minimum atomic E-state index is -0.763. The summed E-state index contributed by atoms with van der Waals surface area (Å²) in [6, 6.07) is -0.438. The zero-order chi connectivity index (χ0) is 11.0. The molecule has 0 bridgehead atoms. The first-order valence-corrected chi connectivity index (χ1v) is 5.34. The third-order valence-electron chi connectivity index (χ3n) is 2.18. The molecule has 14 heavy (non-hydrogen) atoms. The van der Waals surface area contributed by atoms with Crippen molar-refractivity contribution in [2.75, 3.05) is 26.2 Å². The van der Waals surface area contributed by atoms with E-state index in [0.717, 1.165) is 19.5 Å². The highest BCUT2D eigenvalue weighted by atomic mass is 16.4. The van der Waals surface area contributed by atoms with Crippen LogP contribution in [0.2, 0.25) is 0 Å². The molecule has 0 rings (SSSR count). The zero-order valence-electron chi connectivity index (χ0n) is 9.42.